The van der Waals surface area contributed by atoms with E-state index in [-0.39, 0.29) is 0 Å². The Morgan fingerprint density at radius 2 is 2.17 bits per heavy atom. The monoisotopic (exact) mass is 267 g/mol. The van der Waals surface area contributed by atoms with Crippen LogP contribution in [0.4, 0.5) is 5.69 Å². The number of rotatable bonds is 3. The maximum absolute atomic E-state index is 6.01. The molecule has 1 unspecified atom stereocenters. The summed E-state index contributed by atoms with van der Waals surface area (Å²) in [4.78, 5) is 4.91. The molecule has 3 nitrogen and oxygen atoms in total. The van der Waals surface area contributed by atoms with E-state index in [1.807, 2.05) is 12.1 Å². The average molecular weight is 268 g/mol. The Morgan fingerprint density at radius 1 is 1.39 bits per heavy atom. The number of aryl methyl sites for hydroxylation is 1. The molecule has 0 spiro atoms. The molecule has 1 aromatic carbocycles. The molecule has 1 saturated heterocycles. The largest absolute Gasteiger partial charge is 0.368 e. The van der Waals surface area contributed by atoms with E-state index in [1.165, 1.54) is 11.3 Å². The Morgan fingerprint density at radius 3 is 2.78 bits per heavy atom. The van der Waals surface area contributed by atoms with Gasteiger partial charge in [0.05, 0.1) is 0 Å². The van der Waals surface area contributed by atoms with Crippen molar-refractivity contribution in [3.8, 4) is 0 Å². The van der Waals surface area contributed by atoms with Crippen LogP contribution in [0.1, 0.15) is 12.5 Å². The highest BCUT2D eigenvalue weighted by Crippen LogP contribution is 2.25. The second kappa shape index (κ2) is 5.91. The Kier molecular flexibility index (Phi) is 4.49. The predicted octanol–water partition coefficient (Wildman–Crippen LogP) is 2.12. The zero-order valence-corrected chi connectivity index (χ0v) is 12.0. The summed E-state index contributed by atoms with van der Waals surface area (Å²) in [6.07, 6.45) is 0. The van der Waals surface area contributed by atoms with Crippen molar-refractivity contribution < 1.29 is 0 Å². The van der Waals surface area contributed by atoms with Gasteiger partial charge in [-0.15, -0.1) is 0 Å². The zero-order chi connectivity index (χ0) is 13.1. The van der Waals surface area contributed by atoms with Crippen LogP contribution in [0.5, 0.6) is 0 Å². The van der Waals surface area contributed by atoms with Crippen molar-refractivity contribution in [3.05, 3.63) is 28.8 Å². The number of benzene rings is 1. The molecule has 2 N–H and O–H groups in total. The minimum absolute atomic E-state index is 0.553. The third-order valence-corrected chi connectivity index (χ3v) is 3.92. The van der Waals surface area contributed by atoms with Gasteiger partial charge in [0.15, 0.2) is 0 Å². The van der Waals surface area contributed by atoms with Crippen LogP contribution in [-0.4, -0.2) is 43.7 Å². The van der Waals surface area contributed by atoms with E-state index in [2.05, 4.69) is 29.7 Å². The van der Waals surface area contributed by atoms with Gasteiger partial charge >= 0.3 is 0 Å². The van der Waals surface area contributed by atoms with Gasteiger partial charge < -0.3 is 10.6 Å². The first-order valence-corrected chi connectivity index (χ1v) is 6.95. The van der Waals surface area contributed by atoms with E-state index in [0.29, 0.717) is 6.04 Å². The maximum Gasteiger partial charge on any atom is 0.0410 e. The number of hydrogen-bond donors (Lipinski definition) is 1. The Hall–Kier alpha value is -0.770. The van der Waals surface area contributed by atoms with Gasteiger partial charge in [-0.25, -0.2) is 0 Å². The number of halogens is 1. The van der Waals surface area contributed by atoms with Gasteiger partial charge in [-0.3, -0.25) is 4.90 Å². The predicted molar refractivity (Wildman–Crippen MR) is 78.5 cm³/mol. The summed E-state index contributed by atoms with van der Waals surface area (Å²) >= 11 is 6.01. The molecule has 0 aromatic heterocycles. The van der Waals surface area contributed by atoms with Crippen molar-refractivity contribution in [2.24, 2.45) is 5.73 Å². The molecule has 0 bridgehead atoms. The van der Waals surface area contributed by atoms with Crippen LogP contribution in [0.15, 0.2) is 18.2 Å². The lowest BCUT2D eigenvalue weighted by Gasteiger charge is -2.41. The van der Waals surface area contributed by atoms with Crippen LogP contribution in [0.25, 0.3) is 0 Å². The maximum atomic E-state index is 6.01. The minimum atomic E-state index is 0.553. The molecule has 18 heavy (non-hydrogen) atoms. The van der Waals surface area contributed by atoms with Gasteiger partial charge in [0.1, 0.15) is 0 Å². The molecular formula is C14H22ClN3. The van der Waals surface area contributed by atoms with Crippen molar-refractivity contribution in [1.29, 1.82) is 0 Å². The molecular weight excluding hydrogens is 246 g/mol. The van der Waals surface area contributed by atoms with Crippen molar-refractivity contribution in [2.45, 2.75) is 19.9 Å². The molecule has 1 aromatic rings. The summed E-state index contributed by atoms with van der Waals surface area (Å²) in [5.41, 5.74) is 8.19. The number of anilines is 1. The Labute approximate surface area is 115 Å². The van der Waals surface area contributed by atoms with Crippen LogP contribution in [0, 0.1) is 6.92 Å². The van der Waals surface area contributed by atoms with Gasteiger partial charge in [0, 0.05) is 49.5 Å². The first-order chi connectivity index (χ1) is 8.61. The van der Waals surface area contributed by atoms with Crippen LogP contribution in [-0.2, 0) is 0 Å². The highest BCUT2D eigenvalue weighted by molar-refractivity contribution is 6.30. The molecule has 4 heteroatoms. The molecule has 1 heterocycles. The molecule has 100 valence electrons. The molecule has 1 aliphatic rings. The lowest BCUT2D eigenvalue weighted by molar-refractivity contribution is 0.195. The number of piperazine rings is 1. The molecule has 0 aliphatic carbocycles. The van der Waals surface area contributed by atoms with Gasteiger partial charge in [-0.2, -0.15) is 0 Å². The standard InChI is InChI=1S/C14H22ClN3/c1-11-9-13(15)3-4-14(11)18-8-7-17(6-5-16)12(2)10-18/h3-4,9,12H,5-8,10,16H2,1-2H3. The lowest BCUT2D eigenvalue weighted by Crippen LogP contribution is -2.53. The summed E-state index contributed by atoms with van der Waals surface area (Å²) in [5, 5.41) is 0.811. The first-order valence-electron chi connectivity index (χ1n) is 6.57. The summed E-state index contributed by atoms with van der Waals surface area (Å²) in [7, 11) is 0. The van der Waals surface area contributed by atoms with Crippen LogP contribution >= 0.6 is 11.6 Å². The molecule has 2 rings (SSSR count). The van der Waals surface area contributed by atoms with Gasteiger partial charge in [-0.1, -0.05) is 11.6 Å². The number of nitrogens with zero attached hydrogens (tertiary/aromatic N) is 2. The van der Waals surface area contributed by atoms with E-state index in [1.54, 1.807) is 0 Å². The first kappa shape index (κ1) is 13.7. The zero-order valence-electron chi connectivity index (χ0n) is 11.2. The quantitative estimate of drug-likeness (QED) is 0.911. The van der Waals surface area contributed by atoms with Crippen LogP contribution < -0.4 is 10.6 Å². The Bertz CT molecular complexity index is 408. The highest BCUT2D eigenvalue weighted by atomic mass is 35.5. The normalized spacial score (nSPS) is 21.3. The van der Waals surface area contributed by atoms with E-state index in [4.69, 9.17) is 17.3 Å². The number of nitrogens with two attached hydrogens (primary N) is 1. The fourth-order valence-electron chi connectivity index (χ4n) is 2.69. The van der Waals surface area contributed by atoms with E-state index in [9.17, 15) is 0 Å². The molecule has 0 saturated carbocycles. The molecule has 1 fully saturated rings. The molecule has 1 atom stereocenters. The smallest absolute Gasteiger partial charge is 0.0410 e. The van der Waals surface area contributed by atoms with E-state index in [0.717, 1.165) is 37.7 Å². The second-order valence-corrected chi connectivity index (χ2v) is 5.49. The minimum Gasteiger partial charge on any atom is -0.368 e. The summed E-state index contributed by atoms with van der Waals surface area (Å²) in [6.45, 7) is 9.33. The van der Waals surface area contributed by atoms with Crippen LogP contribution in [0.3, 0.4) is 0 Å². The fraction of sp³-hybridized carbons (Fsp3) is 0.571. The van der Waals surface area contributed by atoms with Gasteiger partial charge in [-0.05, 0) is 37.6 Å². The van der Waals surface area contributed by atoms with Gasteiger partial charge in [0.2, 0.25) is 0 Å². The number of hydrogen-bond acceptors (Lipinski definition) is 3. The van der Waals surface area contributed by atoms with E-state index >= 15 is 0 Å². The average Bonchev–Trinajstić information content (AvgIpc) is 2.32. The SMILES string of the molecule is Cc1cc(Cl)ccc1N1CCN(CCN)C(C)C1. The third kappa shape index (κ3) is 2.97. The van der Waals surface area contributed by atoms with Crippen molar-refractivity contribution in [3.63, 3.8) is 0 Å². The lowest BCUT2D eigenvalue weighted by atomic mass is 10.1. The highest BCUT2D eigenvalue weighted by Gasteiger charge is 2.23. The molecule has 0 radical (unpaired) electrons. The van der Waals surface area contributed by atoms with E-state index < -0.39 is 0 Å². The summed E-state index contributed by atoms with van der Waals surface area (Å²) in [6, 6.07) is 6.69. The van der Waals surface area contributed by atoms with Crippen molar-refractivity contribution in [2.75, 3.05) is 37.6 Å². The van der Waals surface area contributed by atoms with Gasteiger partial charge in [0.25, 0.3) is 0 Å². The molecule has 0 amide bonds. The second-order valence-electron chi connectivity index (χ2n) is 5.05. The van der Waals surface area contributed by atoms with Crippen LogP contribution in [0.2, 0.25) is 5.02 Å². The van der Waals surface area contributed by atoms with Crippen molar-refractivity contribution >= 4 is 17.3 Å². The third-order valence-electron chi connectivity index (χ3n) is 3.68. The Balaban J connectivity index is 2.07. The topological polar surface area (TPSA) is 32.5 Å². The molecule has 1 aliphatic heterocycles. The summed E-state index contributed by atoms with van der Waals surface area (Å²) in [5.74, 6) is 0. The fourth-order valence-corrected chi connectivity index (χ4v) is 2.91. The van der Waals surface area contributed by atoms with Crippen molar-refractivity contribution in [1.82, 2.24) is 4.90 Å². The summed E-state index contributed by atoms with van der Waals surface area (Å²) < 4.78 is 0.